The van der Waals surface area contributed by atoms with E-state index in [1.807, 2.05) is 60.7 Å². The van der Waals surface area contributed by atoms with Crippen LogP contribution >= 0.6 is 0 Å². The molecule has 3 aromatic rings. The Kier molecular flexibility index (Phi) is 9.34. The Bertz CT molecular complexity index is 1220. The Morgan fingerprint density at radius 2 is 1.37 bits per heavy atom. The van der Waals surface area contributed by atoms with E-state index < -0.39 is 36.6 Å². The van der Waals surface area contributed by atoms with Crippen LogP contribution in [-0.4, -0.2) is 43.2 Å². The zero-order valence-electron chi connectivity index (χ0n) is 20.1. The SMILES string of the molecule is [N-]=[N+]=N[C@H]1CO[C@H](OC(=Nc2ccccc2)C(F)(F)F)[C@H](OCc2ccccc2)[C@H]1OCc1ccccc1. The number of alkyl halides is 3. The van der Waals surface area contributed by atoms with Crippen LogP contribution in [0.5, 0.6) is 0 Å². The van der Waals surface area contributed by atoms with E-state index in [4.69, 9.17) is 24.5 Å². The fourth-order valence-electron chi connectivity index (χ4n) is 3.82. The van der Waals surface area contributed by atoms with Gasteiger partial charge in [0.25, 0.3) is 5.90 Å². The lowest BCUT2D eigenvalue weighted by Gasteiger charge is -2.40. The second-order valence-electron chi connectivity index (χ2n) is 8.36. The monoisotopic (exact) mass is 526 g/mol. The molecule has 0 aliphatic carbocycles. The Morgan fingerprint density at radius 3 is 1.89 bits per heavy atom. The summed E-state index contributed by atoms with van der Waals surface area (Å²) in [6.45, 7) is -0.110. The van der Waals surface area contributed by atoms with E-state index in [0.29, 0.717) is 0 Å². The van der Waals surface area contributed by atoms with Gasteiger partial charge in [0, 0.05) is 4.91 Å². The van der Waals surface area contributed by atoms with Crippen molar-refractivity contribution in [1.82, 2.24) is 0 Å². The van der Waals surface area contributed by atoms with Crippen molar-refractivity contribution in [2.45, 2.75) is 43.9 Å². The highest BCUT2D eigenvalue weighted by molar-refractivity contribution is 5.84. The molecule has 0 unspecified atom stereocenters. The van der Waals surface area contributed by atoms with Crippen LogP contribution < -0.4 is 0 Å². The van der Waals surface area contributed by atoms with Gasteiger partial charge < -0.3 is 18.9 Å². The van der Waals surface area contributed by atoms with Crippen molar-refractivity contribution in [2.24, 2.45) is 10.1 Å². The van der Waals surface area contributed by atoms with Crippen LogP contribution in [0, 0.1) is 0 Å². The van der Waals surface area contributed by atoms with Crippen molar-refractivity contribution in [2.75, 3.05) is 6.61 Å². The van der Waals surface area contributed by atoms with Crippen LogP contribution in [-0.2, 0) is 32.2 Å². The van der Waals surface area contributed by atoms with Gasteiger partial charge in [-0.05, 0) is 28.8 Å². The molecular formula is C27H25F3N4O4. The molecule has 1 fully saturated rings. The molecular weight excluding hydrogens is 501 g/mol. The van der Waals surface area contributed by atoms with Crippen LogP contribution in [0.25, 0.3) is 10.4 Å². The first-order chi connectivity index (χ1) is 18.4. The smallest absolute Gasteiger partial charge is 0.441 e. The number of azide groups is 1. The van der Waals surface area contributed by atoms with E-state index in [2.05, 4.69) is 15.0 Å². The van der Waals surface area contributed by atoms with Crippen molar-refractivity contribution in [1.29, 1.82) is 0 Å². The molecule has 38 heavy (non-hydrogen) atoms. The molecule has 0 saturated carbocycles. The maximum Gasteiger partial charge on any atom is 0.468 e. The van der Waals surface area contributed by atoms with E-state index in [1.165, 1.54) is 12.1 Å². The third-order valence-electron chi connectivity index (χ3n) is 5.63. The maximum atomic E-state index is 14.0. The minimum Gasteiger partial charge on any atom is -0.441 e. The molecule has 0 amide bonds. The van der Waals surface area contributed by atoms with Gasteiger partial charge in [-0.25, -0.2) is 4.99 Å². The predicted octanol–water partition coefficient (Wildman–Crippen LogP) is 6.50. The number of benzene rings is 3. The molecule has 0 bridgehead atoms. The summed E-state index contributed by atoms with van der Waals surface area (Å²) in [5, 5.41) is 3.76. The zero-order valence-corrected chi connectivity index (χ0v) is 20.1. The Labute approximate surface area is 217 Å². The first kappa shape index (κ1) is 27.2. The van der Waals surface area contributed by atoms with E-state index in [9.17, 15) is 13.2 Å². The molecule has 1 aliphatic heterocycles. The summed E-state index contributed by atoms with van der Waals surface area (Å²) in [6.07, 6.45) is -8.62. The fraction of sp³-hybridized carbons (Fsp3) is 0.296. The molecule has 4 atom stereocenters. The van der Waals surface area contributed by atoms with Gasteiger partial charge in [0.05, 0.1) is 31.5 Å². The summed E-state index contributed by atoms with van der Waals surface area (Å²) in [6, 6.07) is 25.0. The van der Waals surface area contributed by atoms with Crippen LogP contribution in [0.2, 0.25) is 0 Å². The van der Waals surface area contributed by atoms with E-state index in [1.54, 1.807) is 18.2 Å². The molecule has 0 N–H and O–H groups in total. The summed E-state index contributed by atoms with van der Waals surface area (Å²) >= 11 is 0. The van der Waals surface area contributed by atoms with E-state index in [0.717, 1.165) is 11.1 Å². The molecule has 1 heterocycles. The summed E-state index contributed by atoms with van der Waals surface area (Å²) < 4.78 is 64.9. The Morgan fingerprint density at radius 1 is 0.842 bits per heavy atom. The number of nitrogens with zero attached hydrogens (tertiary/aromatic N) is 4. The van der Waals surface area contributed by atoms with Gasteiger partial charge in [0.1, 0.15) is 12.2 Å². The average Bonchev–Trinajstić information content (AvgIpc) is 2.93. The second kappa shape index (κ2) is 13.1. The number of hydrogen-bond donors (Lipinski definition) is 0. The molecule has 198 valence electrons. The van der Waals surface area contributed by atoms with Gasteiger partial charge in [0.2, 0.25) is 6.29 Å². The van der Waals surface area contributed by atoms with Crippen LogP contribution in [0.4, 0.5) is 18.9 Å². The average molecular weight is 527 g/mol. The summed E-state index contributed by atoms with van der Waals surface area (Å²) in [7, 11) is 0. The normalized spacial score (nSPS) is 21.9. The predicted molar refractivity (Wildman–Crippen MR) is 133 cm³/mol. The molecule has 1 aliphatic rings. The first-order valence-corrected chi connectivity index (χ1v) is 11.8. The Hall–Kier alpha value is -3.89. The highest BCUT2D eigenvalue weighted by Gasteiger charge is 2.47. The number of halogens is 3. The molecule has 4 rings (SSSR count). The van der Waals surface area contributed by atoms with Gasteiger partial charge in [-0.1, -0.05) is 84.0 Å². The zero-order chi connectivity index (χ0) is 26.8. The van der Waals surface area contributed by atoms with Gasteiger partial charge >= 0.3 is 6.18 Å². The minimum atomic E-state index is -4.91. The molecule has 0 aromatic heterocycles. The topological polar surface area (TPSA) is 98.0 Å². The molecule has 0 radical (unpaired) electrons. The number of rotatable bonds is 9. The standard InChI is InChI=1S/C27H25F3N4O4/c28-27(29,30)26(32-21-14-8-3-9-15-21)38-25-24(36-17-20-12-6-2-7-13-20)23(22(18-37-25)33-34-31)35-16-19-10-4-1-5-11-19/h1-15,22-25H,16-18H2/t22-,23-,24+,25+/m0/s1. The largest absolute Gasteiger partial charge is 0.468 e. The highest BCUT2D eigenvalue weighted by atomic mass is 19.4. The number of ether oxygens (including phenoxy) is 4. The molecule has 0 spiro atoms. The fourth-order valence-corrected chi connectivity index (χ4v) is 3.82. The number of aliphatic imine (C=N–C) groups is 1. The van der Waals surface area contributed by atoms with Gasteiger partial charge in [-0.3, -0.25) is 0 Å². The summed E-state index contributed by atoms with van der Waals surface area (Å²) in [5.41, 5.74) is 10.8. The molecule has 1 saturated heterocycles. The van der Waals surface area contributed by atoms with Crippen molar-refractivity contribution in [3.05, 3.63) is 113 Å². The molecule has 8 nitrogen and oxygen atoms in total. The Balaban J connectivity index is 1.64. The number of hydrogen-bond acceptors (Lipinski definition) is 6. The maximum absolute atomic E-state index is 14.0. The van der Waals surface area contributed by atoms with E-state index in [-0.39, 0.29) is 25.5 Å². The second-order valence-corrected chi connectivity index (χ2v) is 8.36. The molecule has 3 aromatic carbocycles. The lowest BCUT2D eigenvalue weighted by molar-refractivity contribution is -0.255. The lowest BCUT2D eigenvalue weighted by atomic mass is 10.0. The first-order valence-electron chi connectivity index (χ1n) is 11.8. The van der Waals surface area contributed by atoms with Crippen molar-refractivity contribution in [3.63, 3.8) is 0 Å². The third kappa shape index (κ3) is 7.56. The third-order valence-corrected chi connectivity index (χ3v) is 5.63. The van der Waals surface area contributed by atoms with Gasteiger partial charge in [-0.15, -0.1) is 0 Å². The van der Waals surface area contributed by atoms with Crippen molar-refractivity contribution >= 4 is 11.6 Å². The van der Waals surface area contributed by atoms with Crippen LogP contribution in [0.1, 0.15) is 11.1 Å². The van der Waals surface area contributed by atoms with Gasteiger partial charge in [0.15, 0.2) is 0 Å². The molecule has 11 heteroatoms. The summed E-state index contributed by atoms with van der Waals surface area (Å²) in [5.74, 6) is -1.49. The lowest BCUT2D eigenvalue weighted by Crippen LogP contribution is -2.56. The highest BCUT2D eigenvalue weighted by Crippen LogP contribution is 2.30. The quantitative estimate of drug-likeness (QED) is 0.104. The van der Waals surface area contributed by atoms with Crippen molar-refractivity contribution < 1.29 is 32.1 Å². The van der Waals surface area contributed by atoms with E-state index >= 15 is 0 Å². The summed E-state index contributed by atoms with van der Waals surface area (Å²) in [4.78, 5) is 6.53. The van der Waals surface area contributed by atoms with Crippen LogP contribution in [0.3, 0.4) is 0 Å². The van der Waals surface area contributed by atoms with Crippen molar-refractivity contribution in [3.8, 4) is 0 Å². The minimum absolute atomic E-state index is 0.0279. The van der Waals surface area contributed by atoms with Crippen LogP contribution in [0.15, 0.2) is 101 Å². The number of para-hydroxylation sites is 1. The van der Waals surface area contributed by atoms with Gasteiger partial charge in [-0.2, -0.15) is 13.2 Å².